The molecule has 7 nitrogen and oxygen atoms in total. The molecule has 1 atom stereocenters. The predicted molar refractivity (Wildman–Crippen MR) is 97.4 cm³/mol. The monoisotopic (exact) mass is 347 g/mol. The number of rotatable bonds is 7. The Morgan fingerprint density at radius 3 is 2.88 bits per heavy atom. The van der Waals surface area contributed by atoms with Gasteiger partial charge >= 0.3 is 0 Å². The largest absolute Gasteiger partial charge is 0.354 e. The van der Waals surface area contributed by atoms with Crippen molar-refractivity contribution in [3.63, 3.8) is 0 Å². The maximum Gasteiger partial charge on any atom is 0.271 e. The van der Waals surface area contributed by atoms with E-state index in [2.05, 4.69) is 21.9 Å². The van der Waals surface area contributed by atoms with Crippen molar-refractivity contribution in [2.75, 3.05) is 39.8 Å². The van der Waals surface area contributed by atoms with Gasteiger partial charge in [0.2, 0.25) is 5.91 Å². The standard InChI is InChI=1S/C18H29N5O2/c1-5-22(11-14(2)3)17(24)13-21-9-6-7-15(12-21)23-10-8-16(20-23)18(25)19-4/h8,10,15H,2,5-7,9,11-13H2,1,3-4H3,(H,19,25). The van der Waals surface area contributed by atoms with Gasteiger partial charge in [0, 0.05) is 32.9 Å². The molecule has 0 radical (unpaired) electrons. The number of amides is 2. The van der Waals surface area contributed by atoms with Crippen LogP contribution in [0.15, 0.2) is 24.4 Å². The van der Waals surface area contributed by atoms with E-state index in [0.717, 1.165) is 31.5 Å². The molecule has 138 valence electrons. The van der Waals surface area contributed by atoms with Crippen molar-refractivity contribution in [2.45, 2.75) is 32.7 Å². The van der Waals surface area contributed by atoms with Crippen molar-refractivity contribution in [3.8, 4) is 0 Å². The number of likely N-dealkylation sites (N-methyl/N-ethyl adjacent to an activating group) is 1. The Morgan fingerprint density at radius 1 is 1.48 bits per heavy atom. The minimum Gasteiger partial charge on any atom is -0.354 e. The molecule has 2 heterocycles. The summed E-state index contributed by atoms with van der Waals surface area (Å²) in [5, 5.41) is 6.96. The number of nitrogens with one attached hydrogen (secondary N) is 1. The smallest absolute Gasteiger partial charge is 0.271 e. The molecule has 0 spiro atoms. The Kier molecular flexibility index (Phi) is 6.75. The highest BCUT2D eigenvalue weighted by molar-refractivity contribution is 5.91. The molecule has 1 aliphatic rings. The molecule has 7 heteroatoms. The third-order valence-electron chi connectivity index (χ3n) is 4.48. The summed E-state index contributed by atoms with van der Waals surface area (Å²) in [5.41, 5.74) is 1.42. The minimum atomic E-state index is -0.181. The van der Waals surface area contributed by atoms with Gasteiger partial charge in [-0.25, -0.2) is 0 Å². The van der Waals surface area contributed by atoms with Gasteiger partial charge in [-0.15, -0.1) is 0 Å². The van der Waals surface area contributed by atoms with E-state index in [0.29, 0.717) is 25.3 Å². The first-order chi connectivity index (χ1) is 11.9. The average Bonchev–Trinajstić information content (AvgIpc) is 3.09. The quantitative estimate of drug-likeness (QED) is 0.755. The predicted octanol–water partition coefficient (Wildman–Crippen LogP) is 1.30. The van der Waals surface area contributed by atoms with Crippen LogP contribution in [0.2, 0.25) is 0 Å². The van der Waals surface area contributed by atoms with Crippen molar-refractivity contribution in [1.82, 2.24) is 24.9 Å². The summed E-state index contributed by atoms with van der Waals surface area (Å²) >= 11 is 0. The van der Waals surface area contributed by atoms with Gasteiger partial charge in [0.25, 0.3) is 5.91 Å². The number of nitrogens with zero attached hydrogens (tertiary/aromatic N) is 4. The van der Waals surface area contributed by atoms with Gasteiger partial charge in [0.1, 0.15) is 5.69 Å². The van der Waals surface area contributed by atoms with Crippen LogP contribution in [0.25, 0.3) is 0 Å². The van der Waals surface area contributed by atoms with E-state index in [9.17, 15) is 9.59 Å². The van der Waals surface area contributed by atoms with E-state index >= 15 is 0 Å². The van der Waals surface area contributed by atoms with E-state index in [1.165, 1.54) is 0 Å². The fraction of sp³-hybridized carbons (Fsp3) is 0.611. The van der Waals surface area contributed by atoms with Crippen LogP contribution in [-0.2, 0) is 4.79 Å². The summed E-state index contributed by atoms with van der Waals surface area (Å²) < 4.78 is 1.85. The second-order valence-electron chi connectivity index (χ2n) is 6.66. The molecular weight excluding hydrogens is 318 g/mol. The Labute approximate surface area is 149 Å². The summed E-state index contributed by atoms with van der Waals surface area (Å²) in [4.78, 5) is 28.2. The van der Waals surface area contributed by atoms with Gasteiger partial charge < -0.3 is 10.2 Å². The molecule has 0 aromatic carbocycles. The first-order valence-electron chi connectivity index (χ1n) is 8.86. The van der Waals surface area contributed by atoms with Crippen LogP contribution in [0.3, 0.4) is 0 Å². The normalized spacial score (nSPS) is 18.0. The lowest BCUT2D eigenvalue weighted by atomic mass is 10.1. The maximum absolute atomic E-state index is 12.5. The molecule has 1 N–H and O–H groups in total. The average molecular weight is 347 g/mol. The highest BCUT2D eigenvalue weighted by Crippen LogP contribution is 2.21. The van der Waals surface area contributed by atoms with Crippen LogP contribution < -0.4 is 5.32 Å². The van der Waals surface area contributed by atoms with Gasteiger partial charge in [-0.3, -0.25) is 19.2 Å². The van der Waals surface area contributed by atoms with Crippen molar-refractivity contribution >= 4 is 11.8 Å². The fourth-order valence-electron chi connectivity index (χ4n) is 3.17. The molecule has 1 unspecified atom stereocenters. The van der Waals surface area contributed by atoms with Gasteiger partial charge in [-0.1, -0.05) is 12.2 Å². The van der Waals surface area contributed by atoms with E-state index in [-0.39, 0.29) is 17.9 Å². The highest BCUT2D eigenvalue weighted by atomic mass is 16.2. The van der Waals surface area contributed by atoms with Gasteiger partial charge in [0.05, 0.1) is 12.6 Å². The first kappa shape index (κ1) is 19.2. The highest BCUT2D eigenvalue weighted by Gasteiger charge is 2.25. The number of carbonyl (C=O) groups excluding carboxylic acids is 2. The van der Waals surface area contributed by atoms with Crippen LogP contribution in [0.4, 0.5) is 0 Å². The molecule has 2 amide bonds. The molecule has 1 aromatic heterocycles. The number of aromatic nitrogens is 2. The third kappa shape index (κ3) is 5.16. The Morgan fingerprint density at radius 2 is 2.24 bits per heavy atom. The number of piperidine rings is 1. The molecule has 0 aliphatic carbocycles. The van der Waals surface area contributed by atoms with Gasteiger partial charge in [0.15, 0.2) is 0 Å². The fourth-order valence-corrected chi connectivity index (χ4v) is 3.17. The van der Waals surface area contributed by atoms with E-state index in [4.69, 9.17) is 0 Å². The second-order valence-corrected chi connectivity index (χ2v) is 6.66. The first-order valence-corrected chi connectivity index (χ1v) is 8.86. The number of carbonyl (C=O) groups is 2. The Bertz CT molecular complexity index is 625. The zero-order valence-electron chi connectivity index (χ0n) is 15.5. The van der Waals surface area contributed by atoms with Crippen molar-refractivity contribution in [3.05, 3.63) is 30.1 Å². The van der Waals surface area contributed by atoms with Gasteiger partial charge in [-0.2, -0.15) is 5.10 Å². The minimum absolute atomic E-state index is 0.137. The van der Waals surface area contributed by atoms with Crippen molar-refractivity contribution in [1.29, 1.82) is 0 Å². The van der Waals surface area contributed by atoms with E-state index in [1.807, 2.05) is 29.6 Å². The lowest BCUT2D eigenvalue weighted by Crippen LogP contribution is -2.45. The van der Waals surface area contributed by atoms with Crippen LogP contribution in [-0.4, -0.2) is 71.2 Å². The molecule has 1 aliphatic heterocycles. The topological polar surface area (TPSA) is 70.5 Å². The summed E-state index contributed by atoms with van der Waals surface area (Å²) in [7, 11) is 1.60. The molecule has 25 heavy (non-hydrogen) atoms. The van der Waals surface area contributed by atoms with E-state index < -0.39 is 0 Å². The molecule has 0 saturated carbocycles. The van der Waals surface area contributed by atoms with Gasteiger partial charge in [-0.05, 0) is 39.3 Å². The second kappa shape index (κ2) is 8.80. The number of hydrogen-bond donors (Lipinski definition) is 1. The van der Waals surface area contributed by atoms with E-state index in [1.54, 1.807) is 13.1 Å². The zero-order valence-corrected chi connectivity index (χ0v) is 15.5. The van der Waals surface area contributed by atoms with Crippen molar-refractivity contribution < 1.29 is 9.59 Å². The van der Waals surface area contributed by atoms with Crippen LogP contribution in [0, 0.1) is 0 Å². The van der Waals surface area contributed by atoms with Crippen LogP contribution in [0.1, 0.15) is 43.2 Å². The number of hydrogen-bond acceptors (Lipinski definition) is 4. The Hall–Kier alpha value is -2.15. The lowest BCUT2D eigenvalue weighted by molar-refractivity contribution is -0.132. The molecule has 1 saturated heterocycles. The molecule has 2 rings (SSSR count). The molecule has 0 bridgehead atoms. The SMILES string of the molecule is C=C(C)CN(CC)C(=O)CN1CCCC(n2ccc(C(=O)NC)n2)C1. The summed E-state index contributed by atoms with van der Waals surface area (Å²) in [6, 6.07) is 1.92. The molecular formula is C18H29N5O2. The molecule has 1 fully saturated rings. The Balaban J connectivity index is 1.96. The number of likely N-dealkylation sites (tertiary alicyclic amines) is 1. The third-order valence-corrected chi connectivity index (χ3v) is 4.48. The summed E-state index contributed by atoms with van der Waals surface area (Å²) in [5.74, 6) is -0.0439. The lowest BCUT2D eigenvalue weighted by Gasteiger charge is -2.33. The maximum atomic E-state index is 12.5. The summed E-state index contributed by atoms with van der Waals surface area (Å²) in [6.07, 6.45) is 3.86. The summed E-state index contributed by atoms with van der Waals surface area (Å²) in [6.45, 7) is 11.2. The molecule has 1 aromatic rings. The van der Waals surface area contributed by atoms with Crippen LogP contribution in [0.5, 0.6) is 0 Å². The van der Waals surface area contributed by atoms with Crippen molar-refractivity contribution in [2.24, 2.45) is 0 Å². The van der Waals surface area contributed by atoms with Crippen LogP contribution >= 0.6 is 0 Å². The zero-order chi connectivity index (χ0) is 18.4.